The largest absolute Gasteiger partial charge is 0.356 e. The number of rotatable bonds is 4. The molecule has 3 heteroatoms. The SMILES string of the molecule is CCCNC(=O)CC1(N)CCCC1. The van der Waals surface area contributed by atoms with E-state index in [0.29, 0.717) is 6.42 Å². The molecule has 0 spiro atoms. The van der Waals surface area contributed by atoms with Crippen LogP contribution in [0.1, 0.15) is 45.4 Å². The second-order valence-corrected chi connectivity index (χ2v) is 4.10. The van der Waals surface area contributed by atoms with Gasteiger partial charge in [-0.1, -0.05) is 19.8 Å². The Kier molecular flexibility index (Phi) is 3.72. The van der Waals surface area contributed by atoms with Crippen LogP contribution in [0, 0.1) is 0 Å². The van der Waals surface area contributed by atoms with Gasteiger partial charge in [-0.15, -0.1) is 0 Å². The van der Waals surface area contributed by atoms with Gasteiger partial charge in [0.2, 0.25) is 5.91 Å². The van der Waals surface area contributed by atoms with E-state index >= 15 is 0 Å². The van der Waals surface area contributed by atoms with Crippen molar-refractivity contribution in [2.75, 3.05) is 6.54 Å². The van der Waals surface area contributed by atoms with Gasteiger partial charge in [-0.05, 0) is 19.3 Å². The summed E-state index contributed by atoms with van der Waals surface area (Å²) in [5.41, 5.74) is 5.87. The zero-order chi connectivity index (χ0) is 9.73. The maximum absolute atomic E-state index is 11.4. The first-order chi connectivity index (χ1) is 6.16. The van der Waals surface area contributed by atoms with E-state index in [9.17, 15) is 4.79 Å². The molecule has 13 heavy (non-hydrogen) atoms. The molecule has 1 amide bonds. The van der Waals surface area contributed by atoms with Crippen LogP contribution in [-0.4, -0.2) is 18.0 Å². The molecule has 0 aromatic rings. The van der Waals surface area contributed by atoms with Crippen molar-refractivity contribution in [1.82, 2.24) is 5.32 Å². The molecule has 76 valence electrons. The van der Waals surface area contributed by atoms with E-state index in [1.807, 2.05) is 6.92 Å². The minimum absolute atomic E-state index is 0.117. The predicted molar refractivity (Wildman–Crippen MR) is 53.3 cm³/mol. The monoisotopic (exact) mass is 184 g/mol. The average molecular weight is 184 g/mol. The third-order valence-corrected chi connectivity index (χ3v) is 2.68. The molecule has 1 aliphatic rings. The highest BCUT2D eigenvalue weighted by Gasteiger charge is 2.31. The van der Waals surface area contributed by atoms with Crippen molar-refractivity contribution < 1.29 is 4.79 Å². The number of carbonyl (C=O) groups is 1. The summed E-state index contributed by atoms with van der Waals surface area (Å²) < 4.78 is 0. The molecule has 0 aromatic carbocycles. The normalized spacial score (nSPS) is 20.2. The molecular weight excluding hydrogens is 164 g/mol. The minimum atomic E-state index is -0.197. The Labute approximate surface area is 80.1 Å². The van der Waals surface area contributed by atoms with Gasteiger partial charge in [0, 0.05) is 18.5 Å². The van der Waals surface area contributed by atoms with E-state index in [1.54, 1.807) is 0 Å². The van der Waals surface area contributed by atoms with Gasteiger partial charge in [0.05, 0.1) is 0 Å². The third kappa shape index (κ3) is 3.35. The minimum Gasteiger partial charge on any atom is -0.356 e. The van der Waals surface area contributed by atoms with Gasteiger partial charge in [0.25, 0.3) is 0 Å². The zero-order valence-electron chi connectivity index (χ0n) is 8.44. The molecule has 1 saturated carbocycles. The van der Waals surface area contributed by atoms with Crippen LogP contribution in [0.2, 0.25) is 0 Å². The standard InChI is InChI=1S/C10H20N2O/c1-2-7-12-9(13)8-10(11)5-3-4-6-10/h2-8,11H2,1H3,(H,12,13). The summed E-state index contributed by atoms with van der Waals surface area (Å²) in [6.45, 7) is 2.82. The highest BCUT2D eigenvalue weighted by atomic mass is 16.1. The molecule has 1 aliphatic carbocycles. The van der Waals surface area contributed by atoms with E-state index < -0.39 is 0 Å². The van der Waals surface area contributed by atoms with Crippen molar-refractivity contribution in [1.29, 1.82) is 0 Å². The predicted octanol–water partition coefficient (Wildman–Crippen LogP) is 1.17. The number of amides is 1. The zero-order valence-corrected chi connectivity index (χ0v) is 8.44. The van der Waals surface area contributed by atoms with Crippen molar-refractivity contribution in [2.24, 2.45) is 5.73 Å². The van der Waals surface area contributed by atoms with Crippen molar-refractivity contribution in [3.63, 3.8) is 0 Å². The fourth-order valence-corrected chi connectivity index (χ4v) is 1.90. The lowest BCUT2D eigenvalue weighted by Crippen LogP contribution is -2.42. The van der Waals surface area contributed by atoms with E-state index in [4.69, 9.17) is 5.73 Å². The van der Waals surface area contributed by atoms with Gasteiger partial charge in [-0.25, -0.2) is 0 Å². The molecule has 0 saturated heterocycles. The molecule has 0 aromatic heterocycles. The van der Waals surface area contributed by atoms with Crippen LogP contribution in [0.4, 0.5) is 0 Å². The van der Waals surface area contributed by atoms with Crippen LogP contribution < -0.4 is 11.1 Å². The Balaban J connectivity index is 2.26. The van der Waals surface area contributed by atoms with E-state index in [0.717, 1.165) is 25.8 Å². The fraction of sp³-hybridized carbons (Fsp3) is 0.900. The number of nitrogens with one attached hydrogen (secondary N) is 1. The van der Waals surface area contributed by atoms with Gasteiger partial charge >= 0.3 is 0 Å². The highest BCUT2D eigenvalue weighted by Crippen LogP contribution is 2.29. The lowest BCUT2D eigenvalue weighted by Gasteiger charge is -2.22. The summed E-state index contributed by atoms with van der Waals surface area (Å²) in [6.07, 6.45) is 5.87. The van der Waals surface area contributed by atoms with Gasteiger partial charge in [0.15, 0.2) is 0 Å². The van der Waals surface area contributed by atoms with Crippen LogP contribution in [0.3, 0.4) is 0 Å². The quantitative estimate of drug-likeness (QED) is 0.689. The smallest absolute Gasteiger partial charge is 0.221 e. The van der Waals surface area contributed by atoms with E-state index in [1.165, 1.54) is 12.8 Å². The summed E-state index contributed by atoms with van der Waals surface area (Å²) >= 11 is 0. The Hall–Kier alpha value is -0.570. The van der Waals surface area contributed by atoms with E-state index in [-0.39, 0.29) is 11.4 Å². The summed E-state index contributed by atoms with van der Waals surface area (Å²) in [4.78, 5) is 11.4. The van der Waals surface area contributed by atoms with Crippen LogP contribution >= 0.6 is 0 Å². The van der Waals surface area contributed by atoms with Crippen molar-refractivity contribution in [2.45, 2.75) is 51.0 Å². The Morgan fingerprint density at radius 3 is 2.62 bits per heavy atom. The maximum Gasteiger partial charge on any atom is 0.221 e. The van der Waals surface area contributed by atoms with Crippen LogP contribution in [0.25, 0.3) is 0 Å². The molecule has 0 radical (unpaired) electrons. The van der Waals surface area contributed by atoms with E-state index in [2.05, 4.69) is 5.32 Å². The molecule has 1 fully saturated rings. The van der Waals surface area contributed by atoms with Gasteiger partial charge < -0.3 is 11.1 Å². The first-order valence-electron chi connectivity index (χ1n) is 5.22. The highest BCUT2D eigenvalue weighted by molar-refractivity contribution is 5.77. The molecule has 0 bridgehead atoms. The molecule has 0 atom stereocenters. The molecule has 0 unspecified atom stereocenters. The number of nitrogens with two attached hydrogens (primary N) is 1. The molecule has 3 N–H and O–H groups in total. The maximum atomic E-state index is 11.4. The van der Waals surface area contributed by atoms with Crippen molar-refractivity contribution in [3.8, 4) is 0 Å². The second kappa shape index (κ2) is 4.61. The molecular formula is C10H20N2O. The second-order valence-electron chi connectivity index (χ2n) is 4.10. The number of hydrogen-bond donors (Lipinski definition) is 2. The summed E-state index contributed by atoms with van der Waals surface area (Å²) in [7, 11) is 0. The average Bonchev–Trinajstić information content (AvgIpc) is 2.48. The Bertz CT molecular complexity index is 174. The van der Waals surface area contributed by atoms with Gasteiger partial charge in [0.1, 0.15) is 0 Å². The summed E-state index contributed by atoms with van der Waals surface area (Å²) in [5, 5.41) is 2.87. The number of carbonyl (C=O) groups excluding carboxylic acids is 1. The fourth-order valence-electron chi connectivity index (χ4n) is 1.90. The first-order valence-corrected chi connectivity index (χ1v) is 5.22. The van der Waals surface area contributed by atoms with Crippen molar-refractivity contribution >= 4 is 5.91 Å². The van der Waals surface area contributed by atoms with Crippen molar-refractivity contribution in [3.05, 3.63) is 0 Å². The Morgan fingerprint density at radius 1 is 1.46 bits per heavy atom. The van der Waals surface area contributed by atoms with Crippen LogP contribution in [-0.2, 0) is 4.79 Å². The molecule has 1 rings (SSSR count). The first kappa shape index (κ1) is 10.5. The Morgan fingerprint density at radius 2 is 2.08 bits per heavy atom. The number of hydrogen-bond acceptors (Lipinski definition) is 2. The van der Waals surface area contributed by atoms with Gasteiger partial charge in [-0.2, -0.15) is 0 Å². The third-order valence-electron chi connectivity index (χ3n) is 2.68. The lowest BCUT2D eigenvalue weighted by atomic mass is 9.94. The topological polar surface area (TPSA) is 55.1 Å². The molecule has 3 nitrogen and oxygen atoms in total. The van der Waals surface area contributed by atoms with Crippen LogP contribution in [0.5, 0.6) is 0 Å². The summed E-state index contributed by atoms with van der Waals surface area (Å²) in [5.74, 6) is 0.117. The lowest BCUT2D eigenvalue weighted by molar-refractivity contribution is -0.122. The van der Waals surface area contributed by atoms with Crippen LogP contribution in [0.15, 0.2) is 0 Å². The summed E-state index contributed by atoms with van der Waals surface area (Å²) in [6, 6.07) is 0. The molecule has 0 heterocycles. The molecule has 0 aliphatic heterocycles. The van der Waals surface area contributed by atoms with Gasteiger partial charge in [-0.3, -0.25) is 4.79 Å².